The summed E-state index contributed by atoms with van der Waals surface area (Å²) in [6.45, 7) is 7.81. The summed E-state index contributed by atoms with van der Waals surface area (Å²) < 4.78 is 5.84. The van der Waals surface area contributed by atoms with E-state index in [1.54, 1.807) is 0 Å². The van der Waals surface area contributed by atoms with Crippen molar-refractivity contribution in [2.75, 3.05) is 13.1 Å². The third-order valence-electron chi connectivity index (χ3n) is 3.52. The highest BCUT2D eigenvalue weighted by Crippen LogP contribution is 2.47. The van der Waals surface area contributed by atoms with Crippen LogP contribution in [0.5, 0.6) is 0 Å². The Balaban J connectivity index is 1.95. The molecular weight excluding hydrogens is 242 g/mol. The molecule has 1 saturated carbocycles. The highest BCUT2D eigenvalue weighted by atomic mass is 16.4. The summed E-state index contributed by atoms with van der Waals surface area (Å²) in [6.07, 6.45) is 1.21. The van der Waals surface area contributed by atoms with Gasteiger partial charge in [0.2, 0.25) is 0 Å². The van der Waals surface area contributed by atoms with Gasteiger partial charge in [-0.2, -0.15) is 0 Å². The standard InChI is InChI=1S/C15H23NO3/c1-10(2)7-16(9-15(17)18)8-12-4-5-14(19-12)13-6-11(13)3/h4-5,10-11,13H,6-9H2,1-3H3,(H,17,18). The van der Waals surface area contributed by atoms with Crippen molar-refractivity contribution >= 4 is 5.97 Å². The molecule has 0 bridgehead atoms. The molecule has 19 heavy (non-hydrogen) atoms. The summed E-state index contributed by atoms with van der Waals surface area (Å²) in [7, 11) is 0. The maximum absolute atomic E-state index is 10.9. The van der Waals surface area contributed by atoms with Crippen LogP contribution in [0.4, 0.5) is 0 Å². The molecule has 2 rings (SSSR count). The minimum Gasteiger partial charge on any atom is -0.480 e. The molecule has 1 aromatic rings. The highest BCUT2D eigenvalue weighted by molar-refractivity contribution is 5.69. The van der Waals surface area contributed by atoms with Crippen molar-refractivity contribution in [1.29, 1.82) is 0 Å². The molecule has 1 fully saturated rings. The molecular formula is C15H23NO3. The third-order valence-corrected chi connectivity index (χ3v) is 3.52. The van der Waals surface area contributed by atoms with E-state index in [-0.39, 0.29) is 6.54 Å². The van der Waals surface area contributed by atoms with Gasteiger partial charge in [-0.1, -0.05) is 20.8 Å². The van der Waals surface area contributed by atoms with Crippen LogP contribution in [-0.2, 0) is 11.3 Å². The van der Waals surface area contributed by atoms with Gasteiger partial charge >= 0.3 is 5.97 Å². The Hall–Kier alpha value is -1.29. The average molecular weight is 265 g/mol. The lowest BCUT2D eigenvalue weighted by molar-refractivity contribution is -0.138. The minimum absolute atomic E-state index is 0.0635. The van der Waals surface area contributed by atoms with E-state index in [1.165, 1.54) is 6.42 Å². The number of carboxylic acids is 1. The van der Waals surface area contributed by atoms with Crippen LogP contribution < -0.4 is 0 Å². The fourth-order valence-electron chi connectivity index (χ4n) is 2.51. The predicted molar refractivity (Wildman–Crippen MR) is 73.0 cm³/mol. The molecule has 4 heteroatoms. The summed E-state index contributed by atoms with van der Waals surface area (Å²) in [6, 6.07) is 4.02. The molecule has 4 nitrogen and oxygen atoms in total. The topological polar surface area (TPSA) is 53.7 Å². The molecule has 0 aliphatic heterocycles. The van der Waals surface area contributed by atoms with Crippen LogP contribution in [0.1, 0.15) is 44.6 Å². The third kappa shape index (κ3) is 4.10. The predicted octanol–water partition coefficient (Wildman–Crippen LogP) is 2.95. The Labute approximate surface area is 114 Å². The molecule has 2 unspecified atom stereocenters. The van der Waals surface area contributed by atoms with E-state index in [9.17, 15) is 4.79 Å². The molecule has 1 aliphatic rings. The first-order valence-electron chi connectivity index (χ1n) is 6.98. The van der Waals surface area contributed by atoms with E-state index in [1.807, 2.05) is 17.0 Å². The average Bonchev–Trinajstić information content (AvgIpc) is 2.83. The van der Waals surface area contributed by atoms with Crippen molar-refractivity contribution in [1.82, 2.24) is 4.90 Å². The van der Waals surface area contributed by atoms with Crippen molar-refractivity contribution in [3.63, 3.8) is 0 Å². The van der Waals surface area contributed by atoms with E-state index in [0.717, 1.165) is 24.0 Å². The Bertz CT molecular complexity index is 438. The molecule has 2 atom stereocenters. The minimum atomic E-state index is -0.789. The van der Waals surface area contributed by atoms with Gasteiger partial charge in [0.25, 0.3) is 0 Å². The fraction of sp³-hybridized carbons (Fsp3) is 0.667. The van der Waals surface area contributed by atoms with Crippen LogP contribution in [0.2, 0.25) is 0 Å². The Morgan fingerprint density at radius 2 is 2.21 bits per heavy atom. The number of rotatable bonds is 7. The molecule has 0 radical (unpaired) electrons. The van der Waals surface area contributed by atoms with E-state index in [0.29, 0.717) is 18.4 Å². The molecule has 0 amide bonds. The fourth-order valence-corrected chi connectivity index (χ4v) is 2.51. The van der Waals surface area contributed by atoms with Gasteiger partial charge in [-0.3, -0.25) is 9.69 Å². The van der Waals surface area contributed by atoms with Crippen molar-refractivity contribution in [3.05, 3.63) is 23.7 Å². The second kappa shape index (κ2) is 5.78. The zero-order valence-corrected chi connectivity index (χ0v) is 11.9. The van der Waals surface area contributed by atoms with E-state index >= 15 is 0 Å². The first-order valence-corrected chi connectivity index (χ1v) is 6.98. The summed E-state index contributed by atoms with van der Waals surface area (Å²) in [5, 5.41) is 8.94. The molecule has 1 aromatic heterocycles. The van der Waals surface area contributed by atoms with Gasteiger partial charge in [-0.15, -0.1) is 0 Å². The zero-order valence-electron chi connectivity index (χ0n) is 11.9. The van der Waals surface area contributed by atoms with Gasteiger partial charge in [0.05, 0.1) is 13.1 Å². The summed E-state index contributed by atoms with van der Waals surface area (Å²) in [5.41, 5.74) is 0. The second-order valence-electron chi connectivity index (χ2n) is 6.08. The van der Waals surface area contributed by atoms with E-state index in [4.69, 9.17) is 9.52 Å². The molecule has 1 aliphatic carbocycles. The lowest BCUT2D eigenvalue weighted by atomic mass is 10.2. The Morgan fingerprint density at radius 3 is 2.74 bits per heavy atom. The first-order chi connectivity index (χ1) is 8.95. The lowest BCUT2D eigenvalue weighted by Crippen LogP contribution is -2.32. The quantitative estimate of drug-likeness (QED) is 0.823. The number of furan rings is 1. The number of hydrogen-bond donors (Lipinski definition) is 1. The smallest absolute Gasteiger partial charge is 0.317 e. The Morgan fingerprint density at radius 1 is 1.53 bits per heavy atom. The van der Waals surface area contributed by atoms with Crippen molar-refractivity contribution in [3.8, 4) is 0 Å². The summed E-state index contributed by atoms with van der Waals surface area (Å²) in [4.78, 5) is 12.8. The van der Waals surface area contributed by atoms with Crippen LogP contribution in [0.15, 0.2) is 16.5 Å². The van der Waals surface area contributed by atoms with Crippen molar-refractivity contribution in [2.24, 2.45) is 11.8 Å². The maximum Gasteiger partial charge on any atom is 0.317 e. The van der Waals surface area contributed by atoms with E-state index < -0.39 is 5.97 Å². The zero-order chi connectivity index (χ0) is 14.0. The van der Waals surface area contributed by atoms with E-state index in [2.05, 4.69) is 20.8 Å². The van der Waals surface area contributed by atoms with Crippen LogP contribution >= 0.6 is 0 Å². The summed E-state index contributed by atoms with van der Waals surface area (Å²) >= 11 is 0. The number of carbonyl (C=O) groups is 1. The van der Waals surface area contributed by atoms with Gasteiger partial charge < -0.3 is 9.52 Å². The monoisotopic (exact) mass is 265 g/mol. The van der Waals surface area contributed by atoms with Gasteiger partial charge in [-0.05, 0) is 30.4 Å². The molecule has 0 saturated heterocycles. The lowest BCUT2D eigenvalue weighted by Gasteiger charge is -2.20. The van der Waals surface area contributed by atoms with Gasteiger partial charge in [0.1, 0.15) is 11.5 Å². The molecule has 1 N–H and O–H groups in total. The highest BCUT2D eigenvalue weighted by Gasteiger charge is 2.36. The van der Waals surface area contributed by atoms with Crippen LogP contribution in [0.3, 0.4) is 0 Å². The SMILES string of the molecule is CC(C)CN(CC(=O)O)Cc1ccc(C2CC2C)o1. The molecule has 106 valence electrons. The van der Waals surface area contributed by atoms with Crippen LogP contribution in [-0.4, -0.2) is 29.1 Å². The largest absolute Gasteiger partial charge is 0.480 e. The maximum atomic E-state index is 10.9. The number of carboxylic acid groups (broad SMARTS) is 1. The number of aliphatic carboxylic acids is 1. The van der Waals surface area contributed by atoms with Crippen LogP contribution in [0, 0.1) is 11.8 Å². The van der Waals surface area contributed by atoms with Crippen molar-refractivity contribution in [2.45, 2.75) is 39.7 Å². The summed E-state index contributed by atoms with van der Waals surface area (Å²) in [5.74, 6) is 2.88. The normalized spacial score (nSPS) is 22.2. The molecule has 1 heterocycles. The van der Waals surface area contributed by atoms with Crippen molar-refractivity contribution < 1.29 is 14.3 Å². The van der Waals surface area contributed by atoms with Gasteiger partial charge in [0.15, 0.2) is 0 Å². The molecule has 0 aromatic carbocycles. The number of hydrogen-bond acceptors (Lipinski definition) is 3. The van der Waals surface area contributed by atoms with Gasteiger partial charge in [0, 0.05) is 12.5 Å². The Kier molecular flexibility index (Phi) is 4.30. The van der Waals surface area contributed by atoms with Crippen LogP contribution in [0.25, 0.3) is 0 Å². The van der Waals surface area contributed by atoms with Gasteiger partial charge in [-0.25, -0.2) is 0 Å². The number of nitrogens with zero attached hydrogens (tertiary/aromatic N) is 1. The second-order valence-corrected chi connectivity index (χ2v) is 6.08. The molecule has 0 spiro atoms. The first kappa shape index (κ1) is 14.1.